The molecular formula is C25H23F3N8O. The van der Waals surface area contributed by atoms with Crippen LogP contribution in [0.15, 0.2) is 47.7 Å². The lowest BCUT2D eigenvalue weighted by Gasteiger charge is -2.10. The van der Waals surface area contributed by atoms with Crippen LogP contribution in [-0.4, -0.2) is 39.3 Å². The molecule has 0 unspecified atom stereocenters. The maximum Gasteiger partial charge on any atom is 0.435 e. The summed E-state index contributed by atoms with van der Waals surface area (Å²) < 4.78 is 41.8. The fourth-order valence-corrected chi connectivity index (χ4v) is 4.27. The summed E-state index contributed by atoms with van der Waals surface area (Å²) in [6, 6.07) is 7.82. The van der Waals surface area contributed by atoms with Gasteiger partial charge in [0, 0.05) is 5.69 Å². The molecule has 4 heterocycles. The zero-order chi connectivity index (χ0) is 26.3. The van der Waals surface area contributed by atoms with Gasteiger partial charge in [-0.25, -0.2) is 29.4 Å². The van der Waals surface area contributed by atoms with Crippen LogP contribution in [0.4, 0.5) is 13.2 Å². The largest absolute Gasteiger partial charge is 0.435 e. The van der Waals surface area contributed by atoms with Crippen LogP contribution in [-0.2, 0) is 25.6 Å². The van der Waals surface area contributed by atoms with E-state index in [9.17, 15) is 18.0 Å². The van der Waals surface area contributed by atoms with Crippen molar-refractivity contribution in [2.24, 2.45) is 0 Å². The third-order valence-corrected chi connectivity index (χ3v) is 6.11. The summed E-state index contributed by atoms with van der Waals surface area (Å²) in [7, 11) is 0. The van der Waals surface area contributed by atoms with Crippen molar-refractivity contribution in [2.75, 3.05) is 0 Å². The number of aromatic amines is 1. The molecule has 5 rings (SSSR count). The van der Waals surface area contributed by atoms with Gasteiger partial charge in [0.25, 0.3) is 0 Å². The Morgan fingerprint density at radius 2 is 1.68 bits per heavy atom. The minimum absolute atomic E-state index is 0.202. The van der Waals surface area contributed by atoms with Crippen molar-refractivity contribution >= 4 is 11.2 Å². The van der Waals surface area contributed by atoms with Crippen LogP contribution < -0.4 is 5.69 Å². The van der Waals surface area contributed by atoms with Gasteiger partial charge in [-0.15, -0.1) is 0 Å². The normalized spacial score (nSPS) is 11.9. The van der Waals surface area contributed by atoms with Crippen molar-refractivity contribution in [3.63, 3.8) is 0 Å². The highest BCUT2D eigenvalue weighted by atomic mass is 19.4. The molecule has 0 radical (unpaired) electrons. The van der Waals surface area contributed by atoms with Crippen LogP contribution >= 0.6 is 0 Å². The molecule has 0 bridgehead atoms. The second kappa shape index (κ2) is 9.26. The molecule has 4 aromatic heterocycles. The first-order chi connectivity index (χ1) is 17.7. The maximum absolute atomic E-state index is 13.0. The monoisotopic (exact) mass is 508 g/mol. The SMILES string of the molecule is CCc1ncnc(CC)c1-c1ncc2[nH]c(=O)n(Cc3ccc(-n4nc(C(F)(F)F)cc4C)cc3)c2n1. The predicted molar refractivity (Wildman–Crippen MR) is 130 cm³/mol. The average molecular weight is 509 g/mol. The highest BCUT2D eigenvalue weighted by Gasteiger charge is 2.34. The lowest BCUT2D eigenvalue weighted by Crippen LogP contribution is -2.18. The molecule has 0 aliphatic carbocycles. The Balaban J connectivity index is 1.50. The molecule has 0 atom stereocenters. The zero-order valence-electron chi connectivity index (χ0n) is 20.3. The van der Waals surface area contributed by atoms with Crippen LogP contribution in [0.25, 0.3) is 28.2 Å². The van der Waals surface area contributed by atoms with Crippen molar-refractivity contribution in [1.29, 1.82) is 0 Å². The topological polar surface area (TPSA) is 107 Å². The quantitative estimate of drug-likeness (QED) is 0.367. The van der Waals surface area contributed by atoms with Crippen molar-refractivity contribution in [3.05, 3.63) is 81.7 Å². The van der Waals surface area contributed by atoms with E-state index in [-0.39, 0.29) is 12.2 Å². The number of aryl methyl sites for hydroxylation is 3. The molecule has 0 amide bonds. The minimum atomic E-state index is -4.52. The smallest absolute Gasteiger partial charge is 0.303 e. The summed E-state index contributed by atoms with van der Waals surface area (Å²) in [5, 5.41) is 3.68. The van der Waals surface area contributed by atoms with Crippen LogP contribution in [0, 0.1) is 6.92 Å². The molecule has 5 aromatic rings. The minimum Gasteiger partial charge on any atom is -0.303 e. The van der Waals surface area contributed by atoms with Gasteiger partial charge in [0.05, 0.1) is 35.4 Å². The Bertz CT molecular complexity index is 1630. The molecule has 0 aliphatic rings. The van der Waals surface area contributed by atoms with Gasteiger partial charge in [0.1, 0.15) is 11.8 Å². The molecule has 0 spiro atoms. The zero-order valence-corrected chi connectivity index (χ0v) is 20.3. The van der Waals surface area contributed by atoms with Gasteiger partial charge >= 0.3 is 11.9 Å². The summed E-state index contributed by atoms with van der Waals surface area (Å²) in [5.74, 6) is 0.444. The fourth-order valence-electron chi connectivity index (χ4n) is 4.27. The summed E-state index contributed by atoms with van der Waals surface area (Å²) in [5.41, 5.74) is 3.66. The summed E-state index contributed by atoms with van der Waals surface area (Å²) in [4.78, 5) is 33.5. The van der Waals surface area contributed by atoms with E-state index in [4.69, 9.17) is 4.98 Å². The standard InChI is InChI=1S/C25H23F3N8O/c1-4-17-21(18(5-2)31-13-30-17)22-29-11-19-23(33-22)35(24(37)32-19)12-15-6-8-16(9-7-15)36-14(3)10-20(34-36)25(26,27)28/h6-11,13H,4-5,12H2,1-3H3,(H,32,37). The van der Waals surface area contributed by atoms with Gasteiger partial charge in [0.2, 0.25) is 0 Å². The van der Waals surface area contributed by atoms with Crippen LogP contribution in [0.5, 0.6) is 0 Å². The molecule has 37 heavy (non-hydrogen) atoms. The van der Waals surface area contributed by atoms with E-state index in [1.807, 2.05) is 13.8 Å². The Kier molecular flexibility index (Phi) is 6.10. The molecule has 190 valence electrons. The van der Waals surface area contributed by atoms with Gasteiger partial charge < -0.3 is 4.98 Å². The third-order valence-electron chi connectivity index (χ3n) is 6.11. The summed E-state index contributed by atoms with van der Waals surface area (Å²) in [6.07, 6.45) is -0.0557. The number of H-pyrrole nitrogens is 1. The number of alkyl halides is 3. The molecule has 0 saturated carbocycles. The van der Waals surface area contributed by atoms with Crippen LogP contribution in [0.1, 0.15) is 42.2 Å². The maximum atomic E-state index is 13.0. The number of hydrogen-bond acceptors (Lipinski definition) is 6. The van der Waals surface area contributed by atoms with Gasteiger partial charge in [-0.3, -0.25) is 4.57 Å². The Morgan fingerprint density at radius 3 is 2.27 bits per heavy atom. The molecule has 0 saturated heterocycles. The Hall–Kier alpha value is -4.35. The number of rotatable bonds is 6. The van der Waals surface area contributed by atoms with Crippen molar-refractivity contribution < 1.29 is 13.2 Å². The lowest BCUT2D eigenvalue weighted by molar-refractivity contribution is -0.141. The van der Waals surface area contributed by atoms with Crippen molar-refractivity contribution in [3.8, 4) is 17.1 Å². The first-order valence-corrected chi connectivity index (χ1v) is 11.7. The van der Waals surface area contributed by atoms with E-state index < -0.39 is 11.9 Å². The molecule has 9 nitrogen and oxygen atoms in total. The highest BCUT2D eigenvalue weighted by Crippen LogP contribution is 2.29. The van der Waals surface area contributed by atoms with Gasteiger partial charge in [-0.05, 0) is 43.5 Å². The van der Waals surface area contributed by atoms with Gasteiger partial charge in [-0.2, -0.15) is 18.3 Å². The number of nitrogens with one attached hydrogen (secondary N) is 1. The first-order valence-electron chi connectivity index (χ1n) is 11.7. The van der Waals surface area contributed by atoms with Crippen LogP contribution in [0.2, 0.25) is 0 Å². The number of aromatic nitrogens is 8. The second-order valence-corrected chi connectivity index (χ2v) is 8.54. The fraction of sp³-hybridized carbons (Fsp3) is 0.280. The van der Waals surface area contributed by atoms with Crippen molar-refractivity contribution in [1.82, 2.24) is 39.3 Å². The Morgan fingerprint density at radius 1 is 1.00 bits per heavy atom. The van der Waals surface area contributed by atoms with Crippen LogP contribution in [0.3, 0.4) is 0 Å². The third kappa shape index (κ3) is 4.50. The number of halogens is 3. The van der Waals surface area contributed by atoms with Crippen molar-refractivity contribution in [2.45, 2.75) is 46.3 Å². The lowest BCUT2D eigenvalue weighted by atomic mass is 10.1. The summed E-state index contributed by atoms with van der Waals surface area (Å²) >= 11 is 0. The molecule has 1 aromatic carbocycles. The number of nitrogens with zero attached hydrogens (tertiary/aromatic N) is 7. The number of imidazole rings is 1. The van der Waals surface area contributed by atoms with E-state index in [1.54, 1.807) is 37.4 Å². The molecule has 12 heteroatoms. The van der Waals surface area contributed by atoms with E-state index in [1.165, 1.54) is 15.6 Å². The van der Waals surface area contributed by atoms with E-state index in [0.717, 1.165) is 28.6 Å². The second-order valence-electron chi connectivity index (χ2n) is 8.54. The molecule has 1 N–H and O–H groups in total. The van der Waals surface area contributed by atoms with E-state index in [0.29, 0.717) is 41.2 Å². The first kappa shape index (κ1) is 24.3. The molecule has 0 aliphatic heterocycles. The highest BCUT2D eigenvalue weighted by molar-refractivity contribution is 5.74. The number of benzene rings is 1. The number of fused-ring (bicyclic) bond motifs is 1. The van der Waals surface area contributed by atoms with E-state index >= 15 is 0 Å². The van der Waals surface area contributed by atoms with Gasteiger partial charge in [-0.1, -0.05) is 26.0 Å². The number of hydrogen-bond donors (Lipinski definition) is 1. The van der Waals surface area contributed by atoms with E-state index in [2.05, 4.69) is 25.0 Å². The predicted octanol–water partition coefficient (Wildman–Crippen LogP) is 4.26. The average Bonchev–Trinajstić information content (AvgIpc) is 3.43. The molecular weight excluding hydrogens is 485 g/mol. The summed E-state index contributed by atoms with van der Waals surface area (Å²) in [6.45, 7) is 5.75. The Labute approximate surface area is 209 Å². The molecule has 0 fully saturated rings. The van der Waals surface area contributed by atoms with Gasteiger partial charge in [0.15, 0.2) is 17.2 Å².